The molecular weight excluding hydrogens is 667 g/mol. The minimum absolute atomic E-state index is 0.693. The van der Waals surface area contributed by atoms with E-state index in [0.29, 0.717) is 5.82 Å². The Labute approximate surface area is 318 Å². The zero-order valence-electron chi connectivity index (χ0n) is 29.9. The van der Waals surface area contributed by atoms with Crippen LogP contribution in [0.3, 0.4) is 0 Å². The molecule has 55 heavy (non-hydrogen) atoms. The molecule has 0 bridgehead atoms. The van der Waals surface area contributed by atoms with E-state index in [0.717, 1.165) is 44.5 Å². The summed E-state index contributed by atoms with van der Waals surface area (Å²) in [6.07, 6.45) is 0. The molecule has 3 nitrogen and oxygen atoms in total. The predicted octanol–water partition coefficient (Wildman–Crippen LogP) is 13.7. The van der Waals surface area contributed by atoms with Crippen LogP contribution in [0.5, 0.6) is 0 Å². The Kier molecular flexibility index (Phi) is 7.17. The number of para-hydroxylation sites is 1. The minimum Gasteiger partial charge on any atom is -0.309 e. The topological polar surface area (TPSA) is 30.7 Å². The highest BCUT2D eigenvalue weighted by molar-refractivity contribution is 6.28. The first-order chi connectivity index (χ1) is 27.3. The average molecular weight is 700 g/mol. The molecule has 2 aromatic heterocycles. The first-order valence-electron chi connectivity index (χ1n) is 18.7. The normalized spacial score (nSPS) is 11.6. The third-order valence-electron chi connectivity index (χ3n) is 10.9. The van der Waals surface area contributed by atoms with Crippen molar-refractivity contribution in [3.63, 3.8) is 0 Å². The Balaban J connectivity index is 1.14. The van der Waals surface area contributed by atoms with Crippen molar-refractivity contribution >= 4 is 54.3 Å². The number of aromatic nitrogens is 3. The Morgan fingerprint density at radius 1 is 0.327 bits per heavy atom. The second-order valence-electron chi connectivity index (χ2n) is 14.2. The number of hydrogen-bond acceptors (Lipinski definition) is 2. The molecule has 0 aliphatic heterocycles. The summed E-state index contributed by atoms with van der Waals surface area (Å²) in [6.45, 7) is 0. The van der Waals surface area contributed by atoms with Gasteiger partial charge >= 0.3 is 0 Å². The van der Waals surface area contributed by atoms with E-state index in [-0.39, 0.29) is 0 Å². The Morgan fingerprint density at radius 3 is 1.45 bits per heavy atom. The summed E-state index contributed by atoms with van der Waals surface area (Å²) in [5.74, 6) is 0.693. The smallest absolute Gasteiger partial charge is 0.160 e. The number of fused-ring (bicyclic) bond motifs is 8. The van der Waals surface area contributed by atoms with Gasteiger partial charge in [-0.05, 0) is 92.3 Å². The summed E-state index contributed by atoms with van der Waals surface area (Å²) in [6, 6.07) is 71.5. The van der Waals surface area contributed by atoms with E-state index in [1.165, 1.54) is 54.5 Å². The predicted molar refractivity (Wildman–Crippen MR) is 231 cm³/mol. The van der Waals surface area contributed by atoms with Crippen molar-refractivity contribution in [3.8, 4) is 50.6 Å². The maximum atomic E-state index is 5.42. The van der Waals surface area contributed by atoms with Gasteiger partial charge in [0.1, 0.15) is 0 Å². The van der Waals surface area contributed by atoms with Crippen LogP contribution in [0.15, 0.2) is 200 Å². The van der Waals surface area contributed by atoms with Crippen LogP contribution in [-0.2, 0) is 0 Å². The second-order valence-corrected chi connectivity index (χ2v) is 14.2. The average Bonchev–Trinajstić information content (AvgIpc) is 3.62. The van der Waals surface area contributed by atoms with Gasteiger partial charge in [0.25, 0.3) is 0 Å². The van der Waals surface area contributed by atoms with E-state index in [1.807, 2.05) is 0 Å². The maximum Gasteiger partial charge on any atom is 0.160 e. The van der Waals surface area contributed by atoms with Gasteiger partial charge in [-0.2, -0.15) is 0 Å². The van der Waals surface area contributed by atoms with E-state index in [1.54, 1.807) is 0 Å². The van der Waals surface area contributed by atoms with Gasteiger partial charge < -0.3 is 4.57 Å². The molecule has 0 spiro atoms. The molecule has 0 saturated heterocycles. The molecule has 0 N–H and O–H groups in total. The fourth-order valence-electron chi connectivity index (χ4n) is 8.39. The van der Waals surface area contributed by atoms with Crippen molar-refractivity contribution in [3.05, 3.63) is 200 Å². The van der Waals surface area contributed by atoms with Crippen LogP contribution in [0.1, 0.15) is 0 Å². The highest BCUT2D eigenvalue weighted by atomic mass is 15.0. The van der Waals surface area contributed by atoms with Gasteiger partial charge in [0.05, 0.1) is 22.2 Å². The van der Waals surface area contributed by atoms with Crippen LogP contribution in [0.25, 0.3) is 105 Å². The highest BCUT2D eigenvalue weighted by Gasteiger charge is 2.19. The quantitative estimate of drug-likeness (QED) is 0.179. The lowest BCUT2D eigenvalue weighted by molar-refractivity contribution is 1.17. The number of rotatable bonds is 5. The summed E-state index contributed by atoms with van der Waals surface area (Å²) >= 11 is 0. The molecule has 0 atom stereocenters. The van der Waals surface area contributed by atoms with Crippen molar-refractivity contribution < 1.29 is 0 Å². The lowest BCUT2D eigenvalue weighted by atomic mass is 9.94. The molecule has 0 fully saturated rings. The van der Waals surface area contributed by atoms with E-state index in [4.69, 9.17) is 9.97 Å². The first-order valence-corrected chi connectivity index (χ1v) is 18.7. The van der Waals surface area contributed by atoms with Gasteiger partial charge in [-0.3, -0.25) is 0 Å². The van der Waals surface area contributed by atoms with Gasteiger partial charge in [0, 0.05) is 33.0 Å². The van der Waals surface area contributed by atoms with Crippen LogP contribution in [0.4, 0.5) is 0 Å². The van der Waals surface area contributed by atoms with Gasteiger partial charge in [0.2, 0.25) is 0 Å². The van der Waals surface area contributed by atoms with Gasteiger partial charge in [0.15, 0.2) is 5.82 Å². The maximum absolute atomic E-state index is 5.42. The van der Waals surface area contributed by atoms with Crippen molar-refractivity contribution in [2.45, 2.75) is 0 Å². The fourth-order valence-corrected chi connectivity index (χ4v) is 8.39. The summed E-state index contributed by atoms with van der Waals surface area (Å²) in [4.78, 5) is 10.6. The Bertz CT molecular complexity index is 3100. The standard InChI is InChI=1S/C52H33N3/c1-3-14-34(15-4-1)39-30-40(35-16-5-2-6-17-35)32-41(31-39)51-45-24-11-12-25-46(45)53-52(54-51)38-20-13-21-42(33-38)55-47-28-26-36-18-7-9-22-43(36)49(47)50-44-23-10-8-19-37(44)27-29-48(50)55/h1-33H. The summed E-state index contributed by atoms with van der Waals surface area (Å²) < 4.78 is 2.41. The molecule has 0 aliphatic carbocycles. The van der Waals surface area contributed by atoms with E-state index >= 15 is 0 Å². The third-order valence-corrected chi connectivity index (χ3v) is 10.9. The molecule has 9 aromatic carbocycles. The molecule has 3 heteroatoms. The van der Waals surface area contributed by atoms with Crippen LogP contribution in [-0.4, -0.2) is 14.5 Å². The minimum atomic E-state index is 0.693. The molecule has 2 heterocycles. The molecule has 0 amide bonds. The Hall–Kier alpha value is -7.36. The molecule has 0 radical (unpaired) electrons. The second kappa shape index (κ2) is 12.6. The van der Waals surface area contributed by atoms with Crippen molar-refractivity contribution in [1.82, 2.24) is 14.5 Å². The zero-order chi connectivity index (χ0) is 36.3. The molecule has 11 rings (SSSR count). The van der Waals surface area contributed by atoms with Crippen molar-refractivity contribution in [2.75, 3.05) is 0 Å². The van der Waals surface area contributed by atoms with E-state index < -0.39 is 0 Å². The molecule has 11 aromatic rings. The number of nitrogens with zero attached hydrogens (tertiary/aromatic N) is 3. The van der Waals surface area contributed by atoms with Crippen molar-refractivity contribution in [1.29, 1.82) is 0 Å². The van der Waals surface area contributed by atoms with Crippen molar-refractivity contribution in [2.24, 2.45) is 0 Å². The first kappa shape index (κ1) is 31.2. The summed E-state index contributed by atoms with van der Waals surface area (Å²) in [7, 11) is 0. The van der Waals surface area contributed by atoms with E-state index in [2.05, 4.69) is 205 Å². The van der Waals surface area contributed by atoms with Crippen LogP contribution >= 0.6 is 0 Å². The lowest BCUT2D eigenvalue weighted by Gasteiger charge is -2.14. The third kappa shape index (κ3) is 5.20. The van der Waals surface area contributed by atoms with E-state index in [9.17, 15) is 0 Å². The van der Waals surface area contributed by atoms with Gasteiger partial charge in [-0.15, -0.1) is 0 Å². The van der Waals surface area contributed by atoms with Crippen LogP contribution < -0.4 is 0 Å². The lowest BCUT2D eigenvalue weighted by Crippen LogP contribution is -1.98. The SMILES string of the molecule is c1ccc(-c2cc(-c3ccccc3)cc(-c3nc(-c4cccc(-n5c6ccc7ccccc7c6c6c7ccccc7ccc65)c4)nc4ccccc34)c2)cc1. The van der Waals surface area contributed by atoms with Gasteiger partial charge in [-0.25, -0.2) is 9.97 Å². The largest absolute Gasteiger partial charge is 0.309 e. The molecule has 0 unspecified atom stereocenters. The molecular formula is C52H33N3. The number of hydrogen-bond donors (Lipinski definition) is 0. The summed E-state index contributed by atoms with van der Waals surface area (Å²) in [5, 5.41) is 8.55. The summed E-state index contributed by atoms with van der Waals surface area (Å²) in [5.41, 5.74) is 11.9. The van der Waals surface area contributed by atoms with Crippen LogP contribution in [0, 0.1) is 0 Å². The fraction of sp³-hybridized carbons (Fsp3) is 0. The Morgan fingerprint density at radius 2 is 0.836 bits per heavy atom. The number of benzene rings is 9. The monoisotopic (exact) mass is 699 g/mol. The highest BCUT2D eigenvalue weighted by Crippen LogP contribution is 2.41. The zero-order valence-corrected chi connectivity index (χ0v) is 29.9. The molecule has 256 valence electrons. The molecule has 0 aliphatic rings. The molecule has 0 saturated carbocycles. The van der Waals surface area contributed by atoms with Gasteiger partial charge in [-0.1, -0.05) is 152 Å². The van der Waals surface area contributed by atoms with Crippen LogP contribution in [0.2, 0.25) is 0 Å².